The summed E-state index contributed by atoms with van der Waals surface area (Å²) >= 11 is 0. The van der Waals surface area contributed by atoms with Crippen molar-refractivity contribution in [1.82, 2.24) is 19.3 Å². The molecular formula is C21H34N4O2. The van der Waals surface area contributed by atoms with E-state index in [2.05, 4.69) is 4.90 Å². The van der Waals surface area contributed by atoms with E-state index in [0.29, 0.717) is 6.42 Å². The molecular weight excluding hydrogens is 340 g/mol. The van der Waals surface area contributed by atoms with Gasteiger partial charge < -0.3 is 19.3 Å². The minimum absolute atomic E-state index is 0.0564. The van der Waals surface area contributed by atoms with Crippen LogP contribution in [0.25, 0.3) is 0 Å². The Balaban J connectivity index is 1.71. The topological polar surface area (TPSA) is 48.8 Å². The Morgan fingerprint density at radius 3 is 2.56 bits per heavy atom. The molecule has 1 unspecified atom stereocenters. The molecule has 2 saturated heterocycles. The molecule has 0 aromatic carbocycles. The summed E-state index contributed by atoms with van der Waals surface area (Å²) in [5.74, 6) is 0.438. The van der Waals surface area contributed by atoms with Crippen molar-refractivity contribution in [3.8, 4) is 0 Å². The van der Waals surface area contributed by atoms with Crippen molar-refractivity contribution < 1.29 is 9.59 Å². The first-order valence-corrected chi connectivity index (χ1v) is 10.1. The van der Waals surface area contributed by atoms with E-state index in [1.54, 1.807) is 0 Å². The van der Waals surface area contributed by atoms with E-state index < -0.39 is 5.54 Å². The largest absolute Gasteiger partial charge is 0.341 e. The summed E-state index contributed by atoms with van der Waals surface area (Å²) in [5, 5.41) is 0. The van der Waals surface area contributed by atoms with Crippen LogP contribution in [0.3, 0.4) is 0 Å². The van der Waals surface area contributed by atoms with Crippen molar-refractivity contribution in [3.05, 3.63) is 24.5 Å². The van der Waals surface area contributed by atoms with Crippen molar-refractivity contribution in [2.24, 2.45) is 5.41 Å². The summed E-state index contributed by atoms with van der Waals surface area (Å²) in [6.45, 7) is 8.00. The molecule has 2 amide bonds. The third kappa shape index (κ3) is 4.21. The van der Waals surface area contributed by atoms with Crippen LogP contribution >= 0.6 is 0 Å². The van der Waals surface area contributed by atoms with E-state index in [-0.39, 0.29) is 17.2 Å². The Labute approximate surface area is 163 Å². The maximum atomic E-state index is 13.3. The van der Waals surface area contributed by atoms with Crippen LogP contribution in [0.2, 0.25) is 0 Å². The number of aromatic nitrogens is 1. The number of hydrogen-bond donors (Lipinski definition) is 0. The van der Waals surface area contributed by atoms with E-state index in [9.17, 15) is 9.59 Å². The highest BCUT2D eigenvalue weighted by molar-refractivity contribution is 5.84. The molecule has 3 rings (SSSR count). The first-order chi connectivity index (χ1) is 12.7. The summed E-state index contributed by atoms with van der Waals surface area (Å²) < 4.78 is 1.99. The Bertz CT molecular complexity index is 668. The summed E-state index contributed by atoms with van der Waals surface area (Å²) in [4.78, 5) is 31.9. The average Bonchev–Trinajstić information content (AvgIpc) is 3.18. The molecule has 2 aliphatic rings. The number of carbonyl (C=O) groups is 2. The molecule has 1 aromatic rings. The monoisotopic (exact) mass is 374 g/mol. The minimum Gasteiger partial charge on any atom is -0.341 e. The van der Waals surface area contributed by atoms with Crippen LogP contribution in [0.4, 0.5) is 0 Å². The fourth-order valence-electron chi connectivity index (χ4n) is 4.55. The maximum absolute atomic E-state index is 13.3. The molecule has 27 heavy (non-hydrogen) atoms. The second-order valence-electron chi connectivity index (χ2n) is 9.10. The van der Waals surface area contributed by atoms with Crippen LogP contribution in [0.5, 0.6) is 0 Å². The van der Waals surface area contributed by atoms with Gasteiger partial charge in [0, 0.05) is 57.0 Å². The number of carbonyl (C=O) groups excluding carboxylic acids is 2. The molecule has 1 spiro atoms. The third-order valence-corrected chi connectivity index (χ3v) is 6.29. The van der Waals surface area contributed by atoms with Crippen molar-refractivity contribution in [2.75, 3.05) is 46.8 Å². The molecule has 150 valence electrons. The van der Waals surface area contributed by atoms with E-state index in [1.807, 2.05) is 66.8 Å². The van der Waals surface area contributed by atoms with Gasteiger partial charge in [-0.3, -0.25) is 9.59 Å². The molecule has 6 heteroatoms. The standard InChI is InChI=1S/C21H34N4O2/c1-20(2,25-12-5-6-13-25)19(27)24-11-7-9-21(17-24)10-8-18(26)23(16-21)15-14-22(3)4/h5-6,12-13H,7-11,14-17H2,1-4H3. The molecule has 6 nitrogen and oxygen atoms in total. The Morgan fingerprint density at radius 1 is 1.19 bits per heavy atom. The number of hydrogen-bond acceptors (Lipinski definition) is 3. The van der Waals surface area contributed by atoms with Crippen LogP contribution in [-0.4, -0.2) is 77.9 Å². The van der Waals surface area contributed by atoms with Gasteiger partial charge in [-0.2, -0.15) is 0 Å². The lowest BCUT2D eigenvalue weighted by Gasteiger charge is -2.49. The van der Waals surface area contributed by atoms with Gasteiger partial charge in [-0.1, -0.05) is 0 Å². The van der Waals surface area contributed by atoms with Gasteiger partial charge in [-0.25, -0.2) is 0 Å². The molecule has 1 aromatic heterocycles. The van der Waals surface area contributed by atoms with Crippen molar-refractivity contribution in [1.29, 1.82) is 0 Å². The molecule has 1 atom stereocenters. The van der Waals surface area contributed by atoms with Crippen LogP contribution < -0.4 is 0 Å². The molecule has 0 saturated carbocycles. The zero-order chi connectivity index (χ0) is 19.7. The number of nitrogens with zero attached hydrogens (tertiary/aromatic N) is 4. The van der Waals surface area contributed by atoms with Crippen LogP contribution in [-0.2, 0) is 15.1 Å². The molecule has 2 aliphatic heterocycles. The Hall–Kier alpha value is -1.82. The highest BCUT2D eigenvalue weighted by Crippen LogP contribution is 2.39. The second kappa shape index (κ2) is 7.66. The third-order valence-electron chi connectivity index (χ3n) is 6.29. The predicted molar refractivity (Wildman–Crippen MR) is 106 cm³/mol. The van der Waals surface area contributed by atoms with Gasteiger partial charge in [-0.05, 0) is 59.3 Å². The fraction of sp³-hybridized carbons (Fsp3) is 0.714. The number of piperidine rings is 2. The molecule has 0 radical (unpaired) electrons. The Morgan fingerprint density at radius 2 is 1.89 bits per heavy atom. The summed E-state index contributed by atoms with van der Waals surface area (Å²) in [6, 6.07) is 3.92. The second-order valence-corrected chi connectivity index (χ2v) is 9.10. The van der Waals surface area contributed by atoms with Crippen LogP contribution in [0.1, 0.15) is 39.5 Å². The van der Waals surface area contributed by atoms with Gasteiger partial charge in [0.1, 0.15) is 5.54 Å². The molecule has 2 fully saturated rings. The summed E-state index contributed by atoms with van der Waals surface area (Å²) in [5.41, 5.74) is -0.530. The fourth-order valence-corrected chi connectivity index (χ4v) is 4.55. The predicted octanol–water partition coefficient (Wildman–Crippen LogP) is 2.02. The smallest absolute Gasteiger partial charge is 0.248 e. The van der Waals surface area contributed by atoms with Gasteiger partial charge >= 0.3 is 0 Å². The van der Waals surface area contributed by atoms with Gasteiger partial charge in [0.15, 0.2) is 0 Å². The molecule has 0 N–H and O–H groups in total. The number of likely N-dealkylation sites (tertiary alicyclic amines) is 2. The van der Waals surface area contributed by atoms with Gasteiger partial charge in [0.2, 0.25) is 11.8 Å². The number of rotatable bonds is 5. The molecule has 0 aliphatic carbocycles. The maximum Gasteiger partial charge on any atom is 0.248 e. The summed E-state index contributed by atoms with van der Waals surface area (Å²) in [6.07, 6.45) is 7.55. The average molecular weight is 375 g/mol. The van der Waals surface area contributed by atoms with E-state index in [0.717, 1.165) is 52.0 Å². The SMILES string of the molecule is CN(C)CCN1CC2(CCCN(C(=O)C(C)(C)n3cccc3)C2)CCC1=O. The Kier molecular flexibility index (Phi) is 5.65. The van der Waals surface area contributed by atoms with Gasteiger partial charge in [-0.15, -0.1) is 0 Å². The molecule has 0 bridgehead atoms. The lowest BCUT2D eigenvalue weighted by atomic mass is 9.73. The van der Waals surface area contributed by atoms with Crippen LogP contribution in [0, 0.1) is 5.41 Å². The lowest BCUT2D eigenvalue weighted by molar-refractivity contribution is -0.147. The van der Waals surface area contributed by atoms with Gasteiger partial charge in [0.05, 0.1) is 0 Å². The zero-order valence-electron chi connectivity index (χ0n) is 17.3. The van der Waals surface area contributed by atoms with Gasteiger partial charge in [0.25, 0.3) is 0 Å². The zero-order valence-corrected chi connectivity index (χ0v) is 17.3. The van der Waals surface area contributed by atoms with E-state index in [4.69, 9.17) is 0 Å². The molecule has 3 heterocycles. The number of likely N-dealkylation sites (N-methyl/N-ethyl adjacent to an activating group) is 1. The number of amides is 2. The first-order valence-electron chi connectivity index (χ1n) is 10.1. The van der Waals surface area contributed by atoms with Crippen molar-refractivity contribution in [3.63, 3.8) is 0 Å². The van der Waals surface area contributed by atoms with Crippen molar-refractivity contribution >= 4 is 11.8 Å². The summed E-state index contributed by atoms with van der Waals surface area (Å²) in [7, 11) is 4.07. The van der Waals surface area contributed by atoms with Crippen LogP contribution in [0.15, 0.2) is 24.5 Å². The van der Waals surface area contributed by atoms with E-state index >= 15 is 0 Å². The first kappa shape index (κ1) is 19.9. The highest BCUT2D eigenvalue weighted by atomic mass is 16.2. The minimum atomic E-state index is -0.586. The lowest BCUT2D eigenvalue weighted by Crippen LogP contribution is -2.58. The van der Waals surface area contributed by atoms with E-state index in [1.165, 1.54) is 0 Å². The van der Waals surface area contributed by atoms with Crippen molar-refractivity contribution in [2.45, 2.75) is 45.1 Å². The normalized spacial score (nSPS) is 24.1. The quantitative estimate of drug-likeness (QED) is 0.792. The highest BCUT2D eigenvalue weighted by Gasteiger charge is 2.44.